The number of nitrogens with two attached hydrogens (primary N) is 1. The van der Waals surface area contributed by atoms with Gasteiger partial charge in [0.25, 0.3) is 5.91 Å². The summed E-state index contributed by atoms with van der Waals surface area (Å²) < 4.78 is 10.9. The van der Waals surface area contributed by atoms with Crippen LogP contribution >= 0.6 is 24.0 Å². The minimum absolute atomic E-state index is 0. The van der Waals surface area contributed by atoms with Crippen LogP contribution < -0.4 is 20.7 Å². The third kappa shape index (κ3) is 5.09. The molecule has 0 aliphatic carbocycles. The number of guanidine groups is 1. The number of carbonyl (C=O) groups is 1. The fourth-order valence-electron chi connectivity index (χ4n) is 3.15. The number of rotatable bonds is 5. The Kier molecular flexibility index (Phi) is 7.97. The number of carbonyl (C=O) groups excluding carboxylic acids is 1. The number of benzene rings is 1. The van der Waals surface area contributed by atoms with Crippen molar-refractivity contribution in [3.8, 4) is 5.75 Å². The summed E-state index contributed by atoms with van der Waals surface area (Å²) in [5.41, 5.74) is 6.32. The van der Waals surface area contributed by atoms with Crippen molar-refractivity contribution in [1.29, 1.82) is 0 Å². The Bertz CT molecular complexity index is 815. The second kappa shape index (κ2) is 10.2. The first-order valence-electron chi connectivity index (χ1n) is 8.84. The van der Waals surface area contributed by atoms with Crippen molar-refractivity contribution in [1.82, 2.24) is 10.2 Å². The van der Waals surface area contributed by atoms with Crippen LogP contribution in [-0.2, 0) is 6.54 Å². The highest BCUT2D eigenvalue weighted by atomic mass is 127. The molecular weight excluding hydrogens is 473 g/mol. The molecular formula is C19H26IN5O3. The second-order valence-electron chi connectivity index (χ2n) is 6.18. The number of hydrogen-bond donors (Lipinski definition) is 2. The van der Waals surface area contributed by atoms with E-state index in [2.05, 4.69) is 26.2 Å². The smallest absolute Gasteiger partial charge is 0.284 e. The lowest BCUT2D eigenvalue weighted by molar-refractivity contribution is 0.0972. The maximum atomic E-state index is 11.1. The second-order valence-corrected chi connectivity index (χ2v) is 6.18. The van der Waals surface area contributed by atoms with E-state index >= 15 is 0 Å². The average Bonchev–Trinajstić information content (AvgIpc) is 3.18. The Morgan fingerprint density at radius 3 is 2.54 bits per heavy atom. The van der Waals surface area contributed by atoms with E-state index < -0.39 is 5.91 Å². The zero-order valence-corrected chi connectivity index (χ0v) is 18.4. The number of furan rings is 1. The Hall–Kier alpha value is -2.43. The SMILES string of the molecule is CN=C(NCc1ccc(C(N)=O)o1)N1CCN(c2ccccc2OC)CC1.I. The molecule has 1 fully saturated rings. The van der Waals surface area contributed by atoms with Gasteiger partial charge in [-0.15, -0.1) is 24.0 Å². The summed E-state index contributed by atoms with van der Waals surface area (Å²) in [7, 11) is 3.45. The maximum Gasteiger partial charge on any atom is 0.284 e. The van der Waals surface area contributed by atoms with Crippen LogP contribution in [0.25, 0.3) is 0 Å². The third-order valence-electron chi connectivity index (χ3n) is 4.54. The van der Waals surface area contributed by atoms with Gasteiger partial charge in [0.1, 0.15) is 11.5 Å². The Balaban J connectivity index is 0.00000280. The molecule has 0 spiro atoms. The molecule has 28 heavy (non-hydrogen) atoms. The molecule has 0 radical (unpaired) electrons. The highest BCUT2D eigenvalue weighted by molar-refractivity contribution is 14.0. The maximum absolute atomic E-state index is 11.1. The number of nitrogens with one attached hydrogen (secondary N) is 1. The van der Waals surface area contributed by atoms with E-state index in [1.165, 1.54) is 0 Å². The molecule has 8 nitrogen and oxygen atoms in total. The fraction of sp³-hybridized carbons (Fsp3) is 0.368. The summed E-state index contributed by atoms with van der Waals surface area (Å²) in [6, 6.07) is 11.4. The van der Waals surface area contributed by atoms with Crippen LogP contribution in [0.3, 0.4) is 0 Å². The van der Waals surface area contributed by atoms with Crippen molar-refractivity contribution in [2.75, 3.05) is 45.2 Å². The van der Waals surface area contributed by atoms with Crippen LogP contribution in [0.2, 0.25) is 0 Å². The van der Waals surface area contributed by atoms with E-state index in [0.29, 0.717) is 12.3 Å². The van der Waals surface area contributed by atoms with Crippen LogP contribution in [0, 0.1) is 0 Å². The molecule has 1 aromatic carbocycles. The standard InChI is InChI=1S/C19H25N5O3.HI/c1-21-19(22-13-14-7-8-17(27-14)18(20)25)24-11-9-23(10-12-24)15-5-3-4-6-16(15)26-2;/h3-8H,9-13H2,1-2H3,(H2,20,25)(H,21,22);1H. The molecule has 1 aromatic heterocycles. The van der Waals surface area contributed by atoms with Gasteiger partial charge in [0.15, 0.2) is 11.7 Å². The zero-order valence-electron chi connectivity index (χ0n) is 16.1. The van der Waals surface area contributed by atoms with E-state index in [9.17, 15) is 4.79 Å². The molecule has 3 rings (SSSR count). The third-order valence-corrected chi connectivity index (χ3v) is 4.54. The first kappa shape index (κ1) is 21.9. The summed E-state index contributed by atoms with van der Waals surface area (Å²) in [6.07, 6.45) is 0. The van der Waals surface area contributed by atoms with Crippen LogP contribution in [0.15, 0.2) is 45.8 Å². The first-order valence-corrected chi connectivity index (χ1v) is 8.84. The normalized spacial score (nSPS) is 14.4. The highest BCUT2D eigenvalue weighted by Gasteiger charge is 2.21. The summed E-state index contributed by atoms with van der Waals surface area (Å²) >= 11 is 0. The molecule has 0 saturated carbocycles. The number of primary amides is 1. The van der Waals surface area contributed by atoms with Gasteiger partial charge in [0.2, 0.25) is 0 Å². The number of para-hydroxylation sites is 2. The van der Waals surface area contributed by atoms with Crippen molar-refractivity contribution >= 4 is 41.5 Å². The monoisotopic (exact) mass is 499 g/mol. The van der Waals surface area contributed by atoms with E-state index in [0.717, 1.165) is 43.6 Å². The summed E-state index contributed by atoms with van der Waals surface area (Å²) in [4.78, 5) is 20.0. The lowest BCUT2D eigenvalue weighted by Crippen LogP contribution is -2.52. The number of piperazine rings is 1. The Morgan fingerprint density at radius 1 is 1.21 bits per heavy atom. The van der Waals surface area contributed by atoms with E-state index in [4.69, 9.17) is 14.9 Å². The zero-order chi connectivity index (χ0) is 19.2. The number of ether oxygens (including phenoxy) is 1. The van der Waals surface area contributed by atoms with E-state index in [1.807, 2.05) is 18.2 Å². The number of anilines is 1. The molecule has 0 atom stereocenters. The lowest BCUT2D eigenvalue weighted by atomic mass is 10.2. The predicted molar refractivity (Wildman–Crippen MR) is 120 cm³/mol. The van der Waals surface area contributed by atoms with Crippen molar-refractivity contribution in [2.24, 2.45) is 10.7 Å². The van der Waals surface area contributed by atoms with Gasteiger partial charge in [-0.1, -0.05) is 12.1 Å². The molecule has 0 unspecified atom stereocenters. The van der Waals surface area contributed by atoms with Crippen LogP contribution in [-0.4, -0.2) is 57.1 Å². The van der Waals surface area contributed by atoms with Crippen molar-refractivity contribution in [3.63, 3.8) is 0 Å². The molecule has 2 heterocycles. The molecule has 0 bridgehead atoms. The summed E-state index contributed by atoms with van der Waals surface area (Å²) in [5.74, 6) is 1.91. The van der Waals surface area contributed by atoms with E-state index in [1.54, 1.807) is 26.3 Å². The number of aliphatic imine (C=N–C) groups is 1. The van der Waals surface area contributed by atoms with Crippen molar-refractivity contribution < 1.29 is 13.9 Å². The molecule has 3 N–H and O–H groups in total. The number of hydrogen-bond acceptors (Lipinski definition) is 5. The van der Waals surface area contributed by atoms with Crippen molar-refractivity contribution in [2.45, 2.75) is 6.54 Å². The average molecular weight is 499 g/mol. The number of amides is 1. The fourth-order valence-corrected chi connectivity index (χ4v) is 3.15. The van der Waals surface area contributed by atoms with E-state index in [-0.39, 0.29) is 29.7 Å². The quantitative estimate of drug-likeness (QED) is 0.371. The lowest BCUT2D eigenvalue weighted by Gasteiger charge is -2.38. The van der Waals surface area contributed by atoms with Gasteiger partial charge >= 0.3 is 0 Å². The Morgan fingerprint density at radius 2 is 1.93 bits per heavy atom. The minimum Gasteiger partial charge on any atom is -0.495 e. The van der Waals surface area contributed by atoms with Gasteiger partial charge < -0.3 is 30.0 Å². The predicted octanol–water partition coefficient (Wildman–Crippen LogP) is 1.90. The van der Waals surface area contributed by atoms with Crippen LogP contribution in [0.5, 0.6) is 5.75 Å². The largest absolute Gasteiger partial charge is 0.495 e. The topological polar surface area (TPSA) is 96.3 Å². The Labute approximate surface area is 181 Å². The first-order chi connectivity index (χ1) is 13.1. The number of methoxy groups -OCH3 is 1. The molecule has 9 heteroatoms. The molecule has 1 aliphatic heterocycles. The molecule has 1 saturated heterocycles. The van der Waals surface area contributed by atoms with Crippen LogP contribution in [0.4, 0.5) is 5.69 Å². The summed E-state index contributed by atoms with van der Waals surface area (Å²) in [6.45, 7) is 3.85. The van der Waals surface area contributed by atoms with Gasteiger partial charge in [-0.05, 0) is 24.3 Å². The van der Waals surface area contributed by atoms with Crippen molar-refractivity contribution in [3.05, 3.63) is 47.9 Å². The van der Waals surface area contributed by atoms with Gasteiger partial charge in [-0.25, -0.2) is 0 Å². The molecule has 1 aliphatic rings. The molecule has 2 aromatic rings. The van der Waals surface area contributed by atoms with Gasteiger partial charge in [0, 0.05) is 33.2 Å². The summed E-state index contributed by atoms with van der Waals surface area (Å²) in [5, 5.41) is 3.27. The number of halogens is 1. The minimum atomic E-state index is -0.571. The van der Waals surface area contributed by atoms with Crippen LogP contribution in [0.1, 0.15) is 16.3 Å². The highest BCUT2D eigenvalue weighted by Crippen LogP contribution is 2.28. The number of nitrogens with zero attached hydrogens (tertiary/aromatic N) is 3. The van der Waals surface area contributed by atoms with Gasteiger partial charge in [0.05, 0.1) is 19.3 Å². The van der Waals surface area contributed by atoms with Gasteiger partial charge in [-0.2, -0.15) is 0 Å². The molecule has 1 amide bonds. The van der Waals surface area contributed by atoms with Gasteiger partial charge in [-0.3, -0.25) is 9.79 Å². The molecule has 152 valence electrons.